The quantitative estimate of drug-likeness (QED) is 0.584. The minimum Gasteiger partial charge on any atom is -0.393 e. The maximum Gasteiger partial charge on any atom is 0.323 e. The van der Waals surface area contributed by atoms with Gasteiger partial charge in [-0.3, -0.25) is 14.7 Å². The number of nitrogens with one attached hydrogen (secondary N) is 1. The summed E-state index contributed by atoms with van der Waals surface area (Å²) in [4.78, 5) is 21.9. The molecule has 0 bridgehead atoms. The highest BCUT2D eigenvalue weighted by atomic mass is 79.9. The summed E-state index contributed by atoms with van der Waals surface area (Å²) in [7, 11) is 0. The second-order valence-corrected chi connectivity index (χ2v) is 3.54. The van der Waals surface area contributed by atoms with Crippen molar-refractivity contribution in [3.63, 3.8) is 0 Å². The van der Waals surface area contributed by atoms with E-state index in [0.29, 0.717) is 10.2 Å². The van der Waals surface area contributed by atoms with Crippen molar-refractivity contribution in [3.8, 4) is 0 Å². The Morgan fingerprint density at radius 3 is 2.85 bits per heavy atom. The summed E-state index contributed by atoms with van der Waals surface area (Å²) in [5, 5.41) is 6.38. The fourth-order valence-corrected chi connectivity index (χ4v) is 1.69. The number of carbonyl (C=O) groups is 2. The number of hydrogen-bond acceptors (Lipinski definition) is 4. The number of cyclic esters (lactones) is 2. The second kappa shape index (κ2) is 2.95. The number of ether oxygens (including phenoxy) is 1. The van der Waals surface area contributed by atoms with Gasteiger partial charge in [-0.15, -0.1) is 0 Å². The Morgan fingerprint density at radius 1 is 1.62 bits per heavy atom. The van der Waals surface area contributed by atoms with Crippen molar-refractivity contribution in [1.82, 2.24) is 10.2 Å². The smallest absolute Gasteiger partial charge is 0.323 e. The molecule has 1 aromatic rings. The van der Waals surface area contributed by atoms with Crippen molar-refractivity contribution < 1.29 is 14.3 Å². The summed E-state index contributed by atoms with van der Waals surface area (Å²) in [5.74, 6) is -1.55. The molecule has 0 aliphatic carbocycles. The maximum absolute atomic E-state index is 11.1. The molecular formula is C7H5BrN2O3. The highest BCUT2D eigenvalue weighted by molar-refractivity contribution is 9.10. The highest BCUT2D eigenvalue weighted by Gasteiger charge is 2.36. The molecule has 1 fully saturated rings. The van der Waals surface area contributed by atoms with Gasteiger partial charge in [-0.2, -0.15) is 5.10 Å². The van der Waals surface area contributed by atoms with Crippen molar-refractivity contribution in [2.45, 2.75) is 12.3 Å². The molecular weight excluding hydrogens is 240 g/mol. The summed E-state index contributed by atoms with van der Waals surface area (Å²) in [6, 6.07) is 0. The Kier molecular flexibility index (Phi) is 1.91. The molecule has 6 heteroatoms. The van der Waals surface area contributed by atoms with E-state index in [0.717, 1.165) is 0 Å². The lowest BCUT2D eigenvalue weighted by Gasteiger charge is -2.00. The van der Waals surface area contributed by atoms with Gasteiger partial charge in [-0.25, -0.2) is 0 Å². The number of aromatic amines is 1. The lowest BCUT2D eigenvalue weighted by molar-refractivity contribution is -0.152. The fraction of sp³-hybridized carbons (Fsp3) is 0.286. The minimum absolute atomic E-state index is 0.0830. The van der Waals surface area contributed by atoms with Crippen LogP contribution in [0.25, 0.3) is 0 Å². The van der Waals surface area contributed by atoms with Gasteiger partial charge < -0.3 is 4.74 Å². The van der Waals surface area contributed by atoms with Crippen LogP contribution in [-0.2, 0) is 14.3 Å². The minimum atomic E-state index is -0.538. The molecule has 0 radical (unpaired) electrons. The third kappa shape index (κ3) is 1.37. The predicted molar refractivity (Wildman–Crippen MR) is 44.7 cm³/mol. The summed E-state index contributed by atoms with van der Waals surface area (Å²) < 4.78 is 5.09. The third-order valence-electron chi connectivity index (χ3n) is 1.84. The first-order chi connectivity index (χ1) is 6.18. The van der Waals surface area contributed by atoms with Crippen LogP contribution < -0.4 is 0 Å². The van der Waals surface area contributed by atoms with E-state index in [2.05, 4.69) is 30.9 Å². The monoisotopic (exact) mass is 244 g/mol. The van der Waals surface area contributed by atoms with E-state index in [4.69, 9.17) is 0 Å². The Labute approximate surface area is 81.6 Å². The topological polar surface area (TPSA) is 72.0 Å². The van der Waals surface area contributed by atoms with Crippen LogP contribution in [-0.4, -0.2) is 22.1 Å². The molecule has 13 heavy (non-hydrogen) atoms. The van der Waals surface area contributed by atoms with Gasteiger partial charge in [0.15, 0.2) is 0 Å². The Bertz CT molecular complexity index is 374. The zero-order valence-corrected chi connectivity index (χ0v) is 8.00. The van der Waals surface area contributed by atoms with Crippen LogP contribution in [0.2, 0.25) is 0 Å². The van der Waals surface area contributed by atoms with Crippen molar-refractivity contribution in [2.75, 3.05) is 0 Å². The van der Waals surface area contributed by atoms with E-state index in [1.807, 2.05) is 0 Å². The molecule has 2 rings (SSSR count). The molecule has 68 valence electrons. The predicted octanol–water partition coefficient (Wildman–Crippen LogP) is 0.729. The Balaban J connectivity index is 2.32. The highest BCUT2D eigenvalue weighted by Crippen LogP contribution is 2.30. The van der Waals surface area contributed by atoms with Crippen LogP contribution in [0.3, 0.4) is 0 Å². The molecule has 0 saturated carbocycles. The molecule has 0 aromatic carbocycles. The maximum atomic E-state index is 11.1. The van der Waals surface area contributed by atoms with E-state index in [1.165, 1.54) is 6.20 Å². The average Bonchev–Trinajstić information content (AvgIpc) is 2.58. The number of halogens is 1. The first-order valence-corrected chi connectivity index (χ1v) is 4.41. The molecule has 1 atom stereocenters. The van der Waals surface area contributed by atoms with Gasteiger partial charge in [-0.1, -0.05) is 0 Å². The molecule has 0 amide bonds. The first kappa shape index (κ1) is 8.43. The Morgan fingerprint density at radius 2 is 2.38 bits per heavy atom. The van der Waals surface area contributed by atoms with E-state index in [9.17, 15) is 9.59 Å². The summed E-state index contributed by atoms with van der Waals surface area (Å²) in [6.07, 6.45) is 1.62. The Hall–Kier alpha value is -1.17. The van der Waals surface area contributed by atoms with Gasteiger partial charge in [0, 0.05) is 0 Å². The number of rotatable bonds is 1. The fourth-order valence-electron chi connectivity index (χ4n) is 1.22. The molecule has 1 unspecified atom stereocenters. The van der Waals surface area contributed by atoms with E-state index >= 15 is 0 Å². The van der Waals surface area contributed by atoms with Crippen molar-refractivity contribution in [1.29, 1.82) is 0 Å². The second-order valence-electron chi connectivity index (χ2n) is 2.68. The van der Waals surface area contributed by atoms with Crippen LogP contribution in [0, 0.1) is 0 Å². The number of aromatic nitrogens is 2. The van der Waals surface area contributed by atoms with Gasteiger partial charge in [0.05, 0.1) is 22.8 Å². The lowest BCUT2D eigenvalue weighted by Crippen LogP contribution is -2.06. The van der Waals surface area contributed by atoms with E-state index in [-0.39, 0.29) is 6.42 Å². The number of esters is 2. The average molecular weight is 245 g/mol. The largest absolute Gasteiger partial charge is 0.393 e. The van der Waals surface area contributed by atoms with Gasteiger partial charge in [-0.05, 0) is 15.9 Å². The van der Waals surface area contributed by atoms with Crippen LogP contribution in [0.1, 0.15) is 18.0 Å². The van der Waals surface area contributed by atoms with Crippen molar-refractivity contribution >= 4 is 27.9 Å². The third-order valence-corrected chi connectivity index (χ3v) is 2.47. The van der Waals surface area contributed by atoms with Crippen LogP contribution in [0.15, 0.2) is 10.7 Å². The summed E-state index contributed by atoms with van der Waals surface area (Å²) in [6.45, 7) is 0. The molecule has 1 aromatic heterocycles. The number of H-pyrrole nitrogens is 1. The zero-order valence-electron chi connectivity index (χ0n) is 6.41. The number of nitrogens with zero attached hydrogens (tertiary/aromatic N) is 1. The number of hydrogen-bond donors (Lipinski definition) is 1. The van der Waals surface area contributed by atoms with Gasteiger partial charge in [0.2, 0.25) is 0 Å². The molecule has 1 aliphatic heterocycles. The van der Waals surface area contributed by atoms with Crippen molar-refractivity contribution in [2.24, 2.45) is 0 Å². The van der Waals surface area contributed by atoms with Crippen LogP contribution in [0.4, 0.5) is 0 Å². The molecule has 2 heterocycles. The zero-order chi connectivity index (χ0) is 9.42. The summed E-state index contributed by atoms with van der Waals surface area (Å²) >= 11 is 3.21. The van der Waals surface area contributed by atoms with Gasteiger partial charge >= 0.3 is 11.9 Å². The number of carbonyl (C=O) groups excluding carboxylic acids is 2. The molecule has 1 saturated heterocycles. The van der Waals surface area contributed by atoms with Crippen molar-refractivity contribution in [3.05, 3.63) is 16.4 Å². The standard InChI is InChI=1S/C7H5BrN2O3/c8-4-2-9-10-6(4)3-1-5(11)13-7(3)12/h2-3H,1H2,(H,9,10). The van der Waals surface area contributed by atoms with Crippen LogP contribution in [0.5, 0.6) is 0 Å². The van der Waals surface area contributed by atoms with E-state index < -0.39 is 17.9 Å². The molecule has 0 spiro atoms. The van der Waals surface area contributed by atoms with Crippen LogP contribution >= 0.6 is 15.9 Å². The van der Waals surface area contributed by atoms with E-state index in [1.54, 1.807) is 0 Å². The molecule has 5 nitrogen and oxygen atoms in total. The summed E-state index contributed by atoms with van der Waals surface area (Å²) in [5.41, 5.74) is 0.593. The SMILES string of the molecule is O=C1CC(c2[nH]ncc2Br)C(=O)O1. The van der Waals surface area contributed by atoms with Gasteiger partial charge in [0.1, 0.15) is 5.92 Å². The molecule has 1 N–H and O–H groups in total. The lowest BCUT2D eigenvalue weighted by atomic mass is 10.0. The first-order valence-electron chi connectivity index (χ1n) is 3.62. The van der Waals surface area contributed by atoms with Gasteiger partial charge in [0.25, 0.3) is 0 Å². The normalized spacial score (nSPS) is 22.1. The molecule has 1 aliphatic rings.